The predicted octanol–water partition coefficient (Wildman–Crippen LogP) is 17.2. The molecule has 4 heteroatoms. The van der Waals surface area contributed by atoms with Crippen molar-refractivity contribution in [1.29, 1.82) is 0 Å². The van der Waals surface area contributed by atoms with Crippen LogP contribution in [0.15, 0.2) is 12.2 Å². The number of carbonyl (C=O) groups is 2. The van der Waals surface area contributed by atoms with Crippen LogP contribution in [0.3, 0.4) is 0 Å². The van der Waals surface area contributed by atoms with Crippen molar-refractivity contribution in [2.24, 2.45) is 0 Å². The summed E-state index contributed by atoms with van der Waals surface area (Å²) in [6.45, 7) is 4.63. The summed E-state index contributed by atoms with van der Waals surface area (Å²) in [5.74, 6) is 0.608. The van der Waals surface area contributed by atoms with E-state index in [2.05, 4.69) is 31.3 Å². The molecule has 0 bridgehead atoms. The third kappa shape index (κ3) is 47.4. The molecule has 0 spiro atoms. The Morgan fingerprint density at radius 1 is 0.386 bits per heavy atom. The van der Waals surface area contributed by atoms with E-state index in [9.17, 15) is 14.7 Å². The molecule has 57 heavy (non-hydrogen) atoms. The maximum Gasteiger partial charge on any atom is 0.220 e. The Morgan fingerprint density at radius 3 is 1.00 bits per heavy atom. The molecule has 1 atom stereocenters. The van der Waals surface area contributed by atoms with Crippen molar-refractivity contribution >= 4 is 11.7 Å². The number of ketones is 1. The minimum atomic E-state index is -0.0707. The number of nitrogens with one attached hydrogen (secondary N) is 1. The Bertz CT molecular complexity index is 825. The van der Waals surface area contributed by atoms with Gasteiger partial charge in [-0.05, 0) is 51.4 Å². The van der Waals surface area contributed by atoms with Gasteiger partial charge in [-0.2, -0.15) is 0 Å². The second-order valence-electron chi connectivity index (χ2n) is 18.2. The van der Waals surface area contributed by atoms with Crippen molar-refractivity contribution < 1.29 is 14.7 Å². The summed E-state index contributed by atoms with van der Waals surface area (Å²) in [5.41, 5.74) is 0. The molecule has 0 aromatic rings. The van der Waals surface area contributed by atoms with Crippen LogP contribution in [0.5, 0.6) is 0 Å². The van der Waals surface area contributed by atoms with Crippen LogP contribution < -0.4 is 5.32 Å². The fraction of sp³-hybridized carbons (Fsp3) is 0.925. The number of unbranched alkanes of at least 4 members (excludes halogenated alkanes) is 37. The lowest BCUT2D eigenvalue weighted by Crippen LogP contribution is -2.37. The van der Waals surface area contributed by atoms with Crippen molar-refractivity contribution in [3.63, 3.8) is 0 Å². The molecule has 0 aliphatic carbocycles. The minimum absolute atomic E-state index is 0.0580. The van der Waals surface area contributed by atoms with E-state index in [1.807, 2.05) is 0 Å². The standard InChI is InChI=1S/C53H103NO3/c1-3-5-7-9-11-13-15-17-19-21-22-26-30-34-38-42-46-51(50-55)54-53(57)49-45-41-37-33-29-25-24-28-32-36-40-44-48-52(56)47-43-39-35-31-27-23-20-18-16-14-12-10-8-6-4-2/h18,20,51,55H,3-17,19,21-50H2,1-2H3,(H,54,57)/b20-18-/t51-/m0/s1. The third-order valence-electron chi connectivity index (χ3n) is 12.3. The summed E-state index contributed by atoms with van der Waals surface area (Å²) >= 11 is 0. The number of amides is 1. The average molecular weight is 802 g/mol. The van der Waals surface area contributed by atoms with Crippen LogP contribution >= 0.6 is 0 Å². The van der Waals surface area contributed by atoms with Crippen LogP contribution in [-0.2, 0) is 9.59 Å². The first-order valence-electron chi connectivity index (χ1n) is 26.2. The Morgan fingerprint density at radius 2 is 0.667 bits per heavy atom. The van der Waals surface area contributed by atoms with Gasteiger partial charge in [-0.25, -0.2) is 0 Å². The van der Waals surface area contributed by atoms with E-state index in [1.54, 1.807) is 0 Å². The van der Waals surface area contributed by atoms with Gasteiger partial charge in [0.15, 0.2) is 0 Å². The van der Waals surface area contributed by atoms with Gasteiger partial charge in [-0.15, -0.1) is 0 Å². The van der Waals surface area contributed by atoms with Crippen LogP contribution in [0, 0.1) is 0 Å². The number of rotatable bonds is 49. The number of aliphatic hydroxyl groups excluding tert-OH is 1. The molecular formula is C53H103NO3. The summed E-state index contributed by atoms with van der Waals surface area (Å²) in [5, 5.41) is 12.9. The highest BCUT2D eigenvalue weighted by molar-refractivity contribution is 5.78. The van der Waals surface area contributed by atoms with E-state index in [-0.39, 0.29) is 18.6 Å². The first-order chi connectivity index (χ1) is 28.1. The number of Topliss-reactive ketones (excluding diaryl/α,β-unsaturated/α-hetero) is 1. The molecule has 0 aliphatic rings. The maximum absolute atomic E-state index is 12.4. The number of carbonyl (C=O) groups excluding carboxylic acids is 2. The topological polar surface area (TPSA) is 66.4 Å². The van der Waals surface area contributed by atoms with Gasteiger partial charge in [-0.1, -0.05) is 244 Å². The van der Waals surface area contributed by atoms with Gasteiger partial charge in [0.25, 0.3) is 0 Å². The number of hydrogen-bond donors (Lipinski definition) is 2. The molecule has 0 aromatic heterocycles. The van der Waals surface area contributed by atoms with Crippen LogP contribution in [0.25, 0.3) is 0 Å². The second-order valence-corrected chi connectivity index (χ2v) is 18.2. The zero-order valence-corrected chi connectivity index (χ0v) is 39.0. The molecule has 338 valence electrons. The average Bonchev–Trinajstić information content (AvgIpc) is 3.21. The molecule has 4 nitrogen and oxygen atoms in total. The van der Waals surface area contributed by atoms with Crippen molar-refractivity contribution in [2.75, 3.05) is 6.61 Å². The van der Waals surface area contributed by atoms with Crippen molar-refractivity contribution in [3.05, 3.63) is 12.2 Å². The normalized spacial score (nSPS) is 12.2. The molecule has 2 N–H and O–H groups in total. The Kier molecular flexibility index (Phi) is 48.2. The van der Waals surface area contributed by atoms with E-state index in [4.69, 9.17) is 0 Å². The minimum Gasteiger partial charge on any atom is -0.394 e. The van der Waals surface area contributed by atoms with Gasteiger partial charge in [-0.3, -0.25) is 9.59 Å². The van der Waals surface area contributed by atoms with E-state index in [0.717, 1.165) is 51.4 Å². The summed E-state index contributed by atoms with van der Waals surface area (Å²) < 4.78 is 0. The van der Waals surface area contributed by atoms with Gasteiger partial charge in [0.1, 0.15) is 5.78 Å². The molecule has 0 unspecified atom stereocenters. The molecular weight excluding hydrogens is 699 g/mol. The highest BCUT2D eigenvalue weighted by Crippen LogP contribution is 2.17. The zero-order valence-electron chi connectivity index (χ0n) is 39.0. The van der Waals surface area contributed by atoms with Crippen LogP contribution in [-0.4, -0.2) is 29.4 Å². The second kappa shape index (κ2) is 49.2. The number of hydrogen-bond acceptors (Lipinski definition) is 3. The molecule has 0 heterocycles. The van der Waals surface area contributed by atoms with Crippen molar-refractivity contribution in [2.45, 2.75) is 309 Å². The number of aliphatic hydroxyl groups is 1. The highest BCUT2D eigenvalue weighted by Gasteiger charge is 2.11. The number of allylic oxidation sites excluding steroid dienone is 2. The lowest BCUT2D eigenvalue weighted by molar-refractivity contribution is -0.122. The summed E-state index contributed by atoms with van der Waals surface area (Å²) in [4.78, 5) is 24.7. The van der Waals surface area contributed by atoms with Gasteiger partial charge < -0.3 is 10.4 Å². The molecule has 0 aliphatic heterocycles. The first kappa shape index (κ1) is 55.8. The van der Waals surface area contributed by atoms with Gasteiger partial charge in [0, 0.05) is 19.3 Å². The first-order valence-corrected chi connectivity index (χ1v) is 26.2. The SMILES string of the molecule is CCCCCCCC/C=C\CCCCCCCC(=O)CCCCCCCCCCCCCCC(=O)N[C@H](CO)CCCCCCCCCCCCCCCCCC. The molecule has 0 saturated heterocycles. The molecule has 0 aromatic carbocycles. The van der Waals surface area contributed by atoms with Crippen molar-refractivity contribution in [3.8, 4) is 0 Å². The molecule has 0 fully saturated rings. The summed E-state index contributed by atoms with van der Waals surface area (Å²) in [6, 6.07) is -0.0707. The van der Waals surface area contributed by atoms with Crippen molar-refractivity contribution in [1.82, 2.24) is 5.32 Å². The predicted molar refractivity (Wildman–Crippen MR) is 252 cm³/mol. The lowest BCUT2D eigenvalue weighted by atomic mass is 10.0. The Balaban J connectivity index is 3.39. The van der Waals surface area contributed by atoms with Crippen LogP contribution in [0.2, 0.25) is 0 Å². The maximum atomic E-state index is 12.4. The summed E-state index contributed by atoms with van der Waals surface area (Å²) in [6.07, 6.45) is 61.5. The summed E-state index contributed by atoms with van der Waals surface area (Å²) in [7, 11) is 0. The highest BCUT2D eigenvalue weighted by atomic mass is 16.3. The third-order valence-corrected chi connectivity index (χ3v) is 12.3. The van der Waals surface area contributed by atoms with E-state index in [0.29, 0.717) is 12.2 Å². The molecule has 0 rings (SSSR count). The largest absolute Gasteiger partial charge is 0.394 e. The van der Waals surface area contributed by atoms with E-state index < -0.39 is 0 Å². The van der Waals surface area contributed by atoms with E-state index >= 15 is 0 Å². The fourth-order valence-corrected chi connectivity index (χ4v) is 8.34. The van der Waals surface area contributed by atoms with Gasteiger partial charge in [0.05, 0.1) is 12.6 Å². The van der Waals surface area contributed by atoms with Gasteiger partial charge >= 0.3 is 0 Å². The molecule has 0 saturated carbocycles. The smallest absolute Gasteiger partial charge is 0.220 e. The Hall–Kier alpha value is -1.16. The Labute approximate surface area is 358 Å². The quantitative estimate of drug-likeness (QED) is 0.0476. The fourth-order valence-electron chi connectivity index (χ4n) is 8.34. The lowest BCUT2D eigenvalue weighted by Gasteiger charge is -2.16. The zero-order chi connectivity index (χ0) is 41.4. The van der Waals surface area contributed by atoms with E-state index in [1.165, 1.54) is 231 Å². The van der Waals surface area contributed by atoms with Gasteiger partial charge in [0.2, 0.25) is 5.91 Å². The monoisotopic (exact) mass is 802 g/mol. The molecule has 0 radical (unpaired) electrons. The van der Waals surface area contributed by atoms with Crippen LogP contribution in [0.4, 0.5) is 0 Å². The van der Waals surface area contributed by atoms with Crippen LogP contribution in [0.1, 0.15) is 303 Å². The molecule has 1 amide bonds.